The van der Waals surface area contributed by atoms with Gasteiger partial charge in [0.1, 0.15) is 18.1 Å². The number of aliphatic carboxylic acids is 1. The average Bonchev–Trinajstić information content (AvgIpc) is 3.27. The van der Waals surface area contributed by atoms with Gasteiger partial charge in [-0.1, -0.05) is 38.5 Å². The number of nitrogens with two attached hydrogens (primary N) is 2. The first-order valence-corrected chi connectivity index (χ1v) is 13.0. The molecule has 4 atom stereocenters. The number of amides is 3. The summed E-state index contributed by atoms with van der Waals surface area (Å²) in [5.74, 6) is -3.42. The Labute approximate surface area is 221 Å². The molecular weight excluding hydrogens is 496 g/mol. The van der Waals surface area contributed by atoms with E-state index in [1.54, 1.807) is 20.0 Å². The number of unbranched alkanes of at least 4 members (excludes halogenated alkanes) is 1. The van der Waals surface area contributed by atoms with Crippen molar-refractivity contribution in [3.63, 3.8) is 0 Å². The number of fused-ring (bicyclic) bond motifs is 1. The van der Waals surface area contributed by atoms with Crippen LogP contribution in [0.1, 0.15) is 38.7 Å². The second kappa shape index (κ2) is 14.6. The second-order valence-corrected chi connectivity index (χ2v) is 9.69. The molecule has 1 aromatic carbocycles. The lowest BCUT2D eigenvalue weighted by Crippen LogP contribution is -2.59. The van der Waals surface area contributed by atoms with Gasteiger partial charge in [0.25, 0.3) is 0 Å². The number of aromatic amines is 1. The van der Waals surface area contributed by atoms with Crippen LogP contribution in [0.15, 0.2) is 30.5 Å². The number of rotatable bonds is 15. The van der Waals surface area contributed by atoms with E-state index in [9.17, 15) is 24.3 Å². The summed E-state index contributed by atoms with van der Waals surface area (Å²) in [4.78, 5) is 53.6. The van der Waals surface area contributed by atoms with Gasteiger partial charge in [0.2, 0.25) is 17.7 Å². The lowest BCUT2D eigenvalue weighted by atomic mass is 10.00. The molecule has 1 aromatic heterocycles. The number of hydrogen-bond acceptors (Lipinski definition) is 7. The summed E-state index contributed by atoms with van der Waals surface area (Å²) in [5, 5.41) is 18.0. The molecule has 4 unspecified atom stereocenters. The van der Waals surface area contributed by atoms with Crippen LogP contribution in [0.5, 0.6) is 0 Å². The van der Waals surface area contributed by atoms with E-state index in [0.29, 0.717) is 19.4 Å². The van der Waals surface area contributed by atoms with Crippen LogP contribution in [0.3, 0.4) is 0 Å². The molecule has 2 rings (SSSR count). The van der Waals surface area contributed by atoms with Crippen molar-refractivity contribution in [1.82, 2.24) is 20.9 Å². The molecular formula is C25H38N6O5S. The maximum atomic E-state index is 13.4. The maximum absolute atomic E-state index is 13.4. The van der Waals surface area contributed by atoms with Crippen molar-refractivity contribution in [3.05, 3.63) is 36.0 Å². The number of carboxylic acids is 1. The molecule has 0 saturated heterocycles. The van der Waals surface area contributed by atoms with Crippen LogP contribution < -0.4 is 27.4 Å². The number of thiol groups is 1. The molecule has 0 fully saturated rings. The first-order chi connectivity index (χ1) is 17.6. The van der Waals surface area contributed by atoms with Crippen LogP contribution in [-0.2, 0) is 25.6 Å². The van der Waals surface area contributed by atoms with Gasteiger partial charge in [-0.15, -0.1) is 0 Å². The number of H-pyrrole nitrogens is 1. The van der Waals surface area contributed by atoms with E-state index in [2.05, 4.69) is 33.6 Å². The average molecular weight is 535 g/mol. The maximum Gasteiger partial charge on any atom is 0.327 e. The molecule has 0 aliphatic heterocycles. The van der Waals surface area contributed by atoms with Crippen molar-refractivity contribution < 1.29 is 24.3 Å². The predicted molar refractivity (Wildman–Crippen MR) is 145 cm³/mol. The lowest BCUT2D eigenvalue weighted by molar-refractivity contribution is -0.142. The molecule has 11 nitrogen and oxygen atoms in total. The highest BCUT2D eigenvalue weighted by Crippen LogP contribution is 2.19. The molecule has 0 radical (unpaired) electrons. The molecule has 0 aliphatic rings. The standard InChI is InChI=1S/C25H38N6O5S/c1-14(2)21(24(34)30-20(13-37)25(35)36)31-23(33)19(29-22(32)17(27)8-5-6-10-26)11-15-12-28-18-9-4-3-7-16(15)18/h3-4,7,9,12,14,17,19-21,28,37H,5-6,8,10-11,13,26-27H2,1-2H3,(H,29,32)(H,30,34)(H,31,33)(H,35,36). The summed E-state index contributed by atoms with van der Waals surface area (Å²) in [7, 11) is 0. The number of carbonyl (C=O) groups is 4. The minimum absolute atomic E-state index is 0.110. The van der Waals surface area contributed by atoms with E-state index in [1.165, 1.54) is 0 Å². The van der Waals surface area contributed by atoms with E-state index >= 15 is 0 Å². The summed E-state index contributed by atoms with van der Waals surface area (Å²) in [5.41, 5.74) is 13.3. The van der Waals surface area contributed by atoms with E-state index in [-0.39, 0.29) is 18.1 Å². The van der Waals surface area contributed by atoms with Crippen LogP contribution in [0.4, 0.5) is 0 Å². The Morgan fingerprint density at radius 2 is 1.68 bits per heavy atom. The predicted octanol–water partition coefficient (Wildman–Crippen LogP) is 0.292. The number of benzene rings is 1. The topological polar surface area (TPSA) is 192 Å². The Balaban J connectivity index is 2.25. The number of nitrogens with one attached hydrogen (secondary N) is 4. The van der Waals surface area contributed by atoms with E-state index in [0.717, 1.165) is 22.9 Å². The first kappa shape index (κ1) is 30.1. The van der Waals surface area contributed by atoms with Crippen molar-refractivity contribution in [2.24, 2.45) is 17.4 Å². The zero-order valence-corrected chi connectivity index (χ0v) is 22.1. The van der Waals surface area contributed by atoms with Crippen molar-refractivity contribution in [3.8, 4) is 0 Å². The Hall–Kier alpha value is -3.09. The van der Waals surface area contributed by atoms with Gasteiger partial charge in [-0.05, 0) is 36.9 Å². The molecule has 1 heterocycles. The van der Waals surface area contributed by atoms with Gasteiger partial charge in [0.15, 0.2) is 0 Å². The quantitative estimate of drug-likeness (QED) is 0.119. The minimum Gasteiger partial charge on any atom is -0.480 e. The molecule has 0 spiro atoms. The molecule has 0 saturated carbocycles. The van der Waals surface area contributed by atoms with Gasteiger partial charge in [-0.25, -0.2) is 4.79 Å². The molecule has 2 aromatic rings. The Morgan fingerprint density at radius 1 is 1.00 bits per heavy atom. The Bertz CT molecular complexity index is 1070. The highest BCUT2D eigenvalue weighted by Gasteiger charge is 2.32. The van der Waals surface area contributed by atoms with E-state index in [4.69, 9.17) is 11.5 Å². The lowest BCUT2D eigenvalue weighted by Gasteiger charge is -2.27. The summed E-state index contributed by atoms with van der Waals surface area (Å²) in [6.07, 6.45) is 3.75. The molecule has 9 N–H and O–H groups in total. The van der Waals surface area contributed by atoms with Crippen LogP contribution in [0.25, 0.3) is 10.9 Å². The van der Waals surface area contributed by atoms with E-state index < -0.39 is 47.9 Å². The highest BCUT2D eigenvalue weighted by molar-refractivity contribution is 7.80. The van der Waals surface area contributed by atoms with Crippen molar-refractivity contribution in [2.75, 3.05) is 12.3 Å². The van der Waals surface area contributed by atoms with Crippen molar-refractivity contribution in [2.45, 2.75) is 63.7 Å². The number of hydrogen-bond donors (Lipinski definition) is 8. The molecule has 0 bridgehead atoms. The molecule has 3 amide bonds. The molecule has 37 heavy (non-hydrogen) atoms. The second-order valence-electron chi connectivity index (χ2n) is 9.33. The van der Waals surface area contributed by atoms with Gasteiger partial charge < -0.3 is 37.5 Å². The summed E-state index contributed by atoms with van der Waals surface area (Å²) < 4.78 is 0. The highest BCUT2D eigenvalue weighted by atomic mass is 32.1. The number of para-hydroxylation sites is 1. The third-order valence-corrected chi connectivity index (χ3v) is 6.45. The Kier molecular flexibility index (Phi) is 11.9. The fourth-order valence-electron chi connectivity index (χ4n) is 3.88. The largest absolute Gasteiger partial charge is 0.480 e. The van der Waals surface area contributed by atoms with Gasteiger partial charge in [-0.2, -0.15) is 12.6 Å². The SMILES string of the molecule is CC(C)C(NC(=O)C(Cc1c[nH]c2ccccc12)NC(=O)C(N)CCCCN)C(=O)NC(CS)C(=O)O. The smallest absolute Gasteiger partial charge is 0.327 e. The zero-order chi connectivity index (χ0) is 27.5. The fraction of sp³-hybridized carbons (Fsp3) is 0.520. The third kappa shape index (κ3) is 8.76. The van der Waals surface area contributed by atoms with Crippen LogP contribution in [0.2, 0.25) is 0 Å². The first-order valence-electron chi connectivity index (χ1n) is 12.3. The van der Waals surface area contributed by atoms with Gasteiger partial charge in [-0.3, -0.25) is 14.4 Å². The monoisotopic (exact) mass is 534 g/mol. The van der Waals surface area contributed by atoms with E-state index in [1.807, 2.05) is 24.3 Å². The fourth-order valence-corrected chi connectivity index (χ4v) is 4.13. The van der Waals surface area contributed by atoms with Gasteiger partial charge in [0, 0.05) is 29.3 Å². The molecule has 204 valence electrons. The number of carbonyl (C=O) groups excluding carboxylic acids is 3. The van der Waals surface area contributed by atoms with Crippen LogP contribution >= 0.6 is 12.6 Å². The molecule has 12 heteroatoms. The van der Waals surface area contributed by atoms with Gasteiger partial charge >= 0.3 is 5.97 Å². The number of carboxylic acid groups (broad SMARTS) is 1. The zero-order valence-electron chi connectivity index (χ0n) is 21.2. The third-order valence-electron chi connectivity index (χ3n) is 6.08. The summed E-state index contributed by atoms with van der Waals surface area (Å²) in [6.45, 7) is 3.94. The summed E-state index contributed by atoms with van der Waals surface area (Å²) >= 11 is 3.97. The Morgan fingerprint density at radius 3 is 2.30 bits per heavy atom. The van der Waals surface area contributed by atoms with Crippen molar-refractivity contribution in [1.29, 1.82) is 0 Å². The van der Waals surface area contributed by atoms with Crippen LogP contribution in [-0.4, -0.2) is 70.2 Å². The number of aromatic nitrogens is 1. The minimum atomic E-state index is -1.23. The summed E-state index contributed by atoms with van der Waals surface area (Å²) in [6, 6.07) is 3.49. The normalized spacial score (nSPS) is 14.5. The van der Waals surface area contributed by atoms with Gasteiger partial charge in [0.05, 0.1) is 6.04 Å². The van der Waals surface area contributed by atoms with Crippen molar-refractivity contribution >= 4 is 47.2 Å². The molecule has 0 aliphatic carbocycles. The van der Waals surface area contributed by atoms with Crippen LogP contribution in [0, 0.1) is 5.92 Å².